The molecule has 1 saturated heterocycles. The van der Waals surface area contributed by atoms with Gasteiger partial charge in [-0.1, -0.05) is 13.8 Å². The summed E-state index contributed by atoms with van der Waals surface area (Å²) >= 11 is 0. The van der Waals surface area contributed by atoms with Crippen LogP contribution in [0.1, 0.15) is 33.6 Å². The van der Waals surface area contributed by atoms with Gasteiger partial charge in [0.1, 0.15) is 0 Å². The molecular weight excluding hydrogens is 138 g/mol. The molecule has 2 nitrogen and oxygen atoms in total. The van der Waals surface area contributed by atoms with Crippen LogP contribution in [0.3, 0.4) is 0 Å². The Morgan fingerprint density at radius 3 is 2.64 bits per heavy atom. The fourth-order valence-electron chi connectivity index (χ4n) is 1.26. The molecular formula is C9H19NO. The number of nitrogens with one attached hydrogen (secondary N) is 1. The van der Waals surface area contributed by atoms with E-state index in [9.17, 15) is 0 Å². The van der Waals surface area contributed by atoms with Crippen molar-refractivity contribution in [3.05, 3.63) is 0 Å². The fraction of sp³-hybridized carbons (Fsp3) is 1.00. The van der Waals surface area contributed by atoms with Crippen LogP contribution >= 0.6 is 0 Å². The van der Waals surface area contributed by atoms with Crippen LogP contribution < -0.4 is 5.32 Å². The van der Waals surface area contributed by atoms with Crippen molar-refractivity contribution in [3.63, 3.8) is 0 Å². The molecule has 1 N–H and O–H groups in total. The molecule has 0 spiro atoms. The second-order valence-electron chi connectivity index (χ2n) is 3.64. The van der Waals surface area contributed by atoms with Crippen LogP contribution in [0, 0.1) is 0 Å². The first-order chi connectivity index (χ1) is 5.20. The highest BCUT2D eigenvalue weighted by molar-refractivity contribution is 4.86. The third-order valence-electron chi connectivity index (χ3n) is 2.63. The highest BCUT2D eigenvalue weighted by atomic mass is 16.5. The average molecular weight is 157 g/mol. The minimum absolute atomic E-state index is 0.228. The molecule has 2 unspecified atom stereocenters. The molecule has 0 aromatic carbocycles. The molecule has 1 rings (SSSR count). The summed E-state index contributed by atoms with van der Waals surface area (Å²) in [7, 11) is 0. The van der Waals surface area contributed by atoms with Crippen molar-refractivity contribution in [1.29, 1.82) is 0 Å². The standard InChI is InChI=1S/C9H19NO/c1-4-8-6-10-9(3,5-2)7-11-8/h8,10H,4-7H2,1-3H3. The first-order valence-corrected chi connectivity index (χ1v) is 4.57. The van der Waals surface area contributed by atoms with Gasteiger partial charge < -0.3 is 10.1 Å². The van der Waals surface area contributed by atoms with E-state index in [0.717, 1.165) is 26.0 Å². The summed E-state index contributed by atoms with van der Waals surface area (Å²) in [5.41, 5.74) is 0.228. The van der Waals surface area contributed by atoms with Crippen molar-refractivity contribution >= 4 is 0 Å². The molecule has 1 fully saturated rings. The average Bonchev–Trinajstić information content (AvgIpc) is 2.06. The fourth-order valence-corrected chi connectivity index (χ4v) is 1.26. The maximum absolute atomic E-state index is 5.67. The molecule has 11 heavy (non-hydrogen) atoms. The van der Waals surface area contributed by atoms with Gasteiger partial charge in [0, 0.05) is 12.1 Å². The quantitative estimate of drug-likeness (QED) is 0.656. The molecule has 2 heteroatoms. The molecule has 1 aliphatic rings. The summed E-state index contributed by atoms with van der Waals surface area (Å²) in [5.74, 6) is 0. The van der Waals surface area contributed by atoms with Crippen LogP contribution in [0.25, 0.3) is 0 Å². The van der Waals surface area contributed by atoms with Gasteiger partial charge in [0.05, 0.1) is 12.7 Å². The molecule has 1 aliphatic heterocycles. The van der Waals surface area contributed by atoms with E-state index in [1.807, 2.05) is 0 Å². The number of rotatable bonds is 2. The Balaban J connectivity index is 2.35. The predicted octanol–water partition coefficient (Wildman–Crippen LogP) is 1.55. The topological polar surface area (TPSA) is 21.3 Å². The zero-order valence-corrected chi connectivity index (χ0v) is 7.81. The van der Waals surface area contributed by atoms with Gasteiger partial charge in [-0.2, -0.15) is 0 Å². The van der Waals surface area contributed by atoms with E-state index in [0.29, 0.717) is 6.10 Å². The van der Waals surface area contributed by atoms with E-state index in [1.165, 1.54) is 0 Å². The number of hydrogen-bond donors (Lipinski definition) is 1. The van der Waals surface area contributed by atoms with Crippen molar-refractivity contribution in [2.45, 2.75) is 45.3 Å². The Labute approximate surface area is 69.3 Å². The highest BCUT2D eigenvalue weighted by Crippen LogP contribution is 2.16. The lowest BCUT2D eigenvalue weighted by molar-refractivity contribution is -0.0295. The van der Waals surface area contributed by atoms with Crippen LogP contribution in [0.5, 0.6) is 0 Å². The lowest BCUT2D eigenvalue weighted by Gasteiger charge is -2.37. The van der Waals surface area contributed by atoms with E-state index < -0.39 is 0 Å². The minimum atomic E-state index is 0.228. The molecule has 0 aromatic rings. The maximum Gasteiger partial charge on any atom is 0.0698 e. The zero-order chi connectivity index (χ0) is 8.32. The summed E-state index contributed by atoms with van der Waals surface area (Å²) in [6.45, 7) is 8.46. The third-order valence-corrected chi connectivity index (χ3v) is 2.63. The predicted molar refractivity (Wildman–Crippen MR) is 46.7 cm³/mol. The Morgan fingerprint density at radius 2 is 2.27 bits per heavy atom. The molecule has 1 heterocycles. The smallest absolute Gasteiger partial charge is 0.0698 e. The van der Waals surface area contributed by atoms with E-state index in [-0.39, 0.29) is 5.54 Å². The van der Waals surface area contributed by atoms with Crippen molar-refractivity contribution in [1.82, 2.24) is 5.32 Å². The molecule has 2 atom stereocenters. The molecule has 0 saturated carbocycles. The Bertz CT molecular complexity index is 117. The van der Waals surface area contributed by atoms with E-state index >= 15 is 0 Å². The third kappa shape index (κ3) is 2.17. The Hall–Kier alpha value is -0.0800. The van der Waals surface area contributed by atoms with Gasteiger partial charge in [-0.15, -0.1) is 0 Å². The molecule has 0 radical (unpaired) electrons. The second-order valence-corrected chi connectivity index (χ2v) is 3.64. The highest BCUT2D eigenvalue weighted by Gasteiger charge is 2.28. The minimum Gasteiger partial charge on any atom is -0.375 e. The number of morpholine rings is 1. The SMILES string of the molecule is CCC1CNC(C)(CC)CO1. The maximum atomic E-state index is 5.67. The summed E-state index contributed by atoms with van der Waals surface area (Å²) in [6, 6.07) is 0. The van der Waals surface area contributed by atoms with Crippen LogP contribution in [0.15, 0.2) is 0 Å². The lowest BCUT2D eigenvalue weighted by atomic mass is 9.98. The van der Waals surface area contributed by atoms with Gasteiger partial charge in [0.15, 0.2) is 0 Å². The summed E-state index contributed by atoms with van der Waals surface area (Å²) < 4.78 is 5.67. The van der Waals surface area contributed by atoms with Gasteiger partial charge in [0.25, 0.3) is 0 Å². The summed E-state index contributed by atoms with van der Waals surface area (Å²) in [6.07, 6.45) is 2.70. The van der Waals surface area contributed by atoms with Crippen LogP contribution in [-0.2, 0) is 4.74 Å². The van der Waals surface area contributed by atoms with E-state index in [4.69, 9.17) is 4.74 Å². The van der Waals surface area contributed by atoms with Crippen molar-refractivity contribution in [2.75, 3.05) is 13.2 Å². The normalized spacial score (nSPS) is 39.0. The molecule has 0 bridgehead atoms. The van der Waals surface area contributed by atoms with Gasteiger partial charge in [-0.25, -0.2) is 0 Å². The largest absolute Gasteiger partial charge is 0.375 e. The van der Waals surface area contributed by atoms with Crippen LogP contribution in [-0.4, -0.2) is 24.8 Å². The lowest BCUT2D eigenvalue weighted by Crippen LogP contribution is -2.54. The molecule has 0 aliphatic carbocycles. The van der Waals surface area contributed by atoms with Gasteiger partial charge in [-0.05, 0) is 19.8 Å². The number of hydrogen-bond acceptors (Lipinski definition) is 2. The second kappa shape index (κ2) is 3.55. The van der Waals surface area contributed by atoms with Crippen molar-refractivity contribution < 1.29 is 4.74 Å². The number of ether oxygens (including phenoxy) is 1. The van der Waals surface area contributed by atoms with Gasteiger partial charge in [-0.3, -0.25) is 0 Å². The van der Waals surface area contributed by atoms with Gasteiger partial charge in [0.2, 0.25) is 0 Å². The Kier molecular flexibility index (Phi) is 2.90. The van der Waals surface area contributed by atoms with E-state index in [2.05, 4.69) is 26.1 Å². The van der Waals surface area contributed by atoms with Crippen molar-refractivity contribution in [2.24, 2.45) is 0 Å². The molecule has 0 aromatic heterocycles. The summed E-state index contributed by atoms with van der Waals surface area (Å²) in [4.78, 5) is 0. The van der Waals surface area contributed by atoms with Crippen molar-refractivity contribution in [3.8, 4) is 0 Å². The zero-order valence-electron chi connectivity index (χ0n) is 7.81. The van der Waals surface area contributed by atoms with E-state index in [1.54, 1.807) is 0 Å². The molecule has 66 valence electrons. The first kappa shape index (κ1) is 9.01. The first-order valence-electron chi connectivity index (χ1n) is 4.57. The van der Waals surface area contributed by atoms with Crippen LogP contribution in [0.4, 0.5) is 0 Å². The monoisotopic (exact) mass is 157 g/mol. The summed E-state index contributed by atoms with van der Waals surface area (Å²) in [5, 5.41) is 3.52. The van der Waals surface area contributed by atoms with Gasteiger partial charge >= 0.3 is 0 Å². The van der Waals surface area contributed by atoms with Crippen LogP contribution in [0.2, 0.25) is 0 Å². The molecule has 0 amide bonds. The Morgan fingerprint density at radius 1 is 1.55 bits per heavy atom.